The fourth-order valence-electron chi connectivity index (χ4n) is 3.85. The molecule has 0 aliphatic rings. The predicted molar refractivity (Wildman–Crippen MR) is 142 cm³/mol. The lowest BCUT2D eigenvalue weighted by atomic mass is 9.89. The van der Waals surface area contributed by atoms with Gasteiger partial charge in [0.05, 0.1) is 20.8 Å². The third kappa shape index (κ3) is 7.05. The van der Waals surface area contributed by atoms with Gasteiger partial charge in [0.15, 0.2) is 11.5 Å². The average molecular weight is 536 g/mol. The number of rotatable bonds is 9. The van der Waals surface area contributed by atoms with Crippen LogP contribution in [0.15, 0.2) is 59.7 Å². The Morgan fingerprint density at radius 2 is 1.79 bits per heavy atom. The molecular formula is C26H29N7O6. The number of amidine groups is 1. The number of carbonyl (C=O) groups is 1. The summed E-state index contributed by atoms with van der Waals surface area (Å²) in [6.45, 7) is 0.816. The second-order valence-corrected chi connectivity index (χ2v) is 8.24. The van der Waals surface area contributed by atoms with Crippen LogP contribution in [0.3, 0.4) is 0 Å². The highest BCUT2D eigenvalue weighted by molar-refractivity contribution is 5.94. The van der Waals surface area contributed by atoms with Gasteiger partial charge < -0.3 is 25.4 Å². The zero-order valence-electron chi connectivity index (χ0n) is 21.6. The molecule has 0 aliphatic heterocycles. The third-order valence-electron chi connectivity index (χ3n) is 5.56. The Morgan fingerprint density at radius 3 is 2.33 bits per heavy atom. The molecule has 2 aromatic heterocycles. The minimum Gasteiger partial charge on any atom is -0.493 e. The smallest absolute Gasteiger partial charge is 0.350 e. The molecule has 0 saturated carbocycles. The molecule has 13 nitrogen and oxygen atoms in total. The van der Waals surface area contributed by atoms with Crippen LogP contribution in [0.25, 0.3) is 5.95 Å². The lowest BCUT2D eigenvalue weighted by molar-refractivity contribution is -0.134. The normalized spacial score (nSPS) is 11.2. The summed E-state index contributed by atoms with van der Waals surface area (Å²) in [6.07, 6.45) is 3.50. The van der Waals surface area contributed by atoms with E-state index in [4.69, 9.17) is 30.5 Å². The van der Waals surface area contributed by atoms with Crippen molar-refractivity contribution in [2.75, 3.05) is 14.2 Å². The Hall–Kier alpha value is -5.04. The first-order valence-electron chi connectivity index (χ1n) is 11.6. The number of nitrogen functional groups attached to an aromatic ring is 1. The molecular weight excluding hydrogens is 506 g/mol. The topological polar surface area (TPSA) is 202 Å². The molecule has 0 spiro atoms. The fraction of sp³-hybridized carbons (Fsp3) is 0.231. The number of aliphatic carboxylic acids is 1. The molecule has 2 aromatic carbocycles. The van der Waals surface area contributed by atoms with E-state index in [0.29, 0.717) is 34.9 Å². The first-order valence-corrected chi connectivity index (χ1v) is 11.6. The summed E-state index contributed by atoms with van der Waals surface area (Å²) in [6, 6.07) is 12.5. The van der Waals surface area contributed by atoms with Crippen LogP contribution in [-0.2, 0) is 17.8 Å². The Bertz CT molecular complexity index is 1450. The number of hydrogen-bond donors (Lipinski definition) is 5. The van der Waals surface area contributed by atoms with Gasteiger partial charge in [-0.2, -0.15) is 0 Å². The molecule has 0 bridgehead atoms. The Kier molecular flexibility index (Phi) is 9.48. The monoisotopic (exact) mass is 535 g/mol. The van der Waals surface area contributed by atoms with Crippen LogP contribution in [0.4, 0.5) is 0 Å². The van der Waals surface area contributed by atoms with Crippen molar-refractivity contribution in [3.63, 3.8) is 0 Å². The zero-order valence-corrected chi connectivity index (χ0v) is 21.6. The quantitative estimate of drug-likeness (QED) is 0.155. The number of H-pyrrole nitrogens is 1. The van der Waals surface area contributed by atoms with E-state index in [0.717, 1.165) is 22.7 Å². The number of methoxy groups -OCH3 is 2. The highest BCUT2D eigenvalue weighted by Crippen LogP contribution is 2.37. The maximum Gasteiger partial charge on any atom is 0.350 e. The molecule has 4 rings (SSSR count). The second kappa shape index (κ2) is 13.0. The average Bonchev–Trinajstić information content (AvgIpc) is 3.32. The van der Waals surface area contributed by atoms with Crippen LogP contribution < -0.4 is 20.9 Å². The zero-order chi connectivity index (χ0) is 28.5. The van der Waals surface area contributed by atoms with Crippen LogP contribution in [0, 0.1) is 5.41 Å². The molecule has 1 unspecified atom stereocenters. The summed E-state index contributed by atoms with van der Waals surface area (Å²) < 4.78 is 12.0. The van der Waals surface area contributed by atoms with E-state index >= 15 is 0 Å². The number of nitrogens with two attached hydrogens (primary N) is 1. The third-order valence-corrected chi connectivity index (χ3v) is 5.56. The number of aromatic amines is 1. The maximum atomic E-state index is 12.7. The number of benzene rings is 2. The van der Waals surface area contributed by atoms with Crippen molar-refractivity contribution >= 4 is 11.8 Å². The number of ether oxygens (including phenoxy) is 2. The van der Waals surface area contributed by atoms with Gasteiger partial charge in [-0.1, -0.05) is 24.3 Å². The first-order chi connectivity index (χ1) is 18.7. The van der Waals surface area contributed by atoms with Gasteiger partial charge in [0.2, 0.25) is 0 Å². The summed E-state index contributed by atoms with van der Waals surface area (Å²) in [4.78, 5) is 32.8. The molecule has 39 heavy (non-hydrogen) atoms. The molecule has 0 saturated heterocycles. The van der Waals surface area contributed by atoms with E-state index in [1.807, 2.05) is 12.1 Å². The molecule has 0 aliphatic carbocycles. The van der Waals surface area contributed by atoms with Crippen molar-refractivity contribution in [1.29, 1.82) is 5.41 Å². The largest absolute Gasteiger partial charge is 0.493 e. The SMILES string of the molecule is CC(=O)O.COc1cc(C(Cc2ccc(C(=N)N)cc2)c2nn(-c3ncccn3)c(=O)[nH]2)cc(CO)c1OC. The maximum absolute atomic E-state index is 12.7. The highest BCUT2D eigenvalue weighted by Gasteiger charge is 2.24. The van der Waals surface area contributed by atoms with Crippen LogP contribution in [0.5, 0.6) is 11.5 Å². The Labute approximate surface area is 223 Å². The number of hydrogen-bond acceptors (Lipinski definition) is 9. The molecule has 0 radical (unpaired) electrons. The molecule has 0 amide bonds. The van der Waals surface area contributed by atoms with Crippen LogP contribution in [0.1, 0.15) is 40.9 Å². The number of carboxylic acid groups (broad SMARTS) is 1. The van der Waals surface area contributed by atoms with E-state index in [1.165, 1.54) is 26.6 Å². The number of carboxylic acids is 1. The minimum absolute atomic E-state index is 0.0217. The molecule has 6 N–H and O–H groups in total. The highest BCUT2D eigenvalue weighted by atomic mass is 16.5. The first kappa shape index (κ1) is 28.5. The van der Waals surface area contributed by atoms with Crippen LogP contribution in [0.2, 0.25) is 0 Å². The van der Waals surface area contributed by atoms with Crippen molar-refractivity contribution in [2.45, 2.75) is 25.9 Å². The van der Waals surface area contributed by atoms with Gasteiger partial charge in [-0.3, -0.25) is 15.2 Å². The number of aliphatic hydroxyl groups is 1. The van der Waals surface area contributed by atoms with Crippen molar-refractivity contribution in [2.24, 2.45) is 5.73 Å². The molecule has 4 aromatic rings. The molecule has 13 heteroatoms. The second-order valence-electron chi connectivity index (χ2n) is 8.24. The van der Waals surface area contributed by atoms with Gasteiger partial charge in [0.25, 0.3) is 11.9 Å². The van der Waals surface area contributed by atoms with Crippen molar-refractivity contribution in [1.82, 2.24) is 24.7 Å². The van der Waals surface area contributed by atoms with Gasteiger partial charge in [-0.15, -0.1) is 9.78 Å². The molecule has 0 fully saturated rings. The number of aromatic nitrogens is 5. The van der Waals surface area contributed by atoms with Crippen molar-refractivity contribution in [3.05, 3.63) is 93.4 Å². The molecule has 1 atom stereocenters. The number of nitrogens with zero attached hydrogens (tertiary/aromatic N) is 4. The van der Waals surface area contributed by atoms with Crippen molar-refractivity contribution in [3.8, 4) is 17.4 Å². The van der Waals surface area contributed by atoms with E-state index in [1.54, 1.807) is 30.3 Å². The summed E-state index contributed by atoms with van der Waals surface area (Å²) in [5.41, 5.74) is 7.92. The van der Waals surface area contributed by atoms with Crippen LogP contribution in [-0.4, -0.2) is 61.0 Å². The number of aliphatic hydroxyl groups excluding tert-OH is 1. The predicted octanol–water partition coefficient (Wildman–Crippen LogP) is 1.61. The minimum atomic E-state index is -0.833. The Morgan fingerprint density at radius 1 is 1.15 bits per heavy atom. The summed E-state index contributed by atoms with van der Waals surface area (Å²) >= 11 is 0. The van der Waals surface area contributed by atoms with Crippen molar-refractivity contribution < 1.29 is 24.5 Å². The van der Waals surface area contributed by atoms with Crippen LogP contribution >= 0.6 is 0 Å². The summed E-state index contributed by atoms with van der Waals surface area (Å²) in [7, 11) is 3.02. The number of nitrogens with one attached hydrogen (secondary N) is 2. The van der Waals surface area contributed by atoms with E-state index in [-0.39, 0.29) is 18.4 Å². The van der Waals surface area contributed by atoms with Gasteiger partial charge >= 0.3 is 5.69 Å². The van der Waals surface area contributed by atoms with Gasteiger partial charge in [0, 0.05) is 36.4 Å². The van der Waals surface area contributed by atoms with Gasteiger partial charge in [-0.25, -0.2) is 14.8 Å². The van der Waals surface area contributed by atoms with Gasteiger partial charge in [-0.05, 0) is 35.7 Å². The summed E-state index contributed by atoms with van der Waals surface area (Å²) in [5.74, 6) is 0.119. The Balaban J connectivity index is 0.000000983. The van der Waals surface area contributed by atoms with E-state index in [9.17, 15) is 9.90 Å². The fourth-order valence-corrected chi connectivity index (χ4v) is 3.85. The molecule has 2 heterocycles. The summed E-state index contributed by atoms with van der Waals surface area (Å²) in [5, 5.41) is 29.5. The van der Waals surface area contributed by atoms with Gasteiger partial charge in [0.1, 0.15) is 11.7 Å². The standard InChI is InChI=1S/C24H25N7O4.C2H4O2/c1-34-19-12-16(11-17(13-32)20(19)35-2)18(10-14-4-6-15(7-5-14)21(25)26)22-29-24(33)31(30-22)23-27-8-3-9-28-23;1-2(3)4/h3-9,11-12,18,32H,10,13H2,1-2H3,(H3,25,26)(H,29,30,33);1H3,(H,3,4). The van der Waals surface area contributed by atoms with E-state index in [2.05, 4.69) is 20.1 Å². The van der Waals surface area contributed by atoms with E-state index < -0.39 is 17.6 Å². The lowest BCUT2D eigenvalue weighted by Crippen LogP contribution is -2.18. The lowest BCUT2D eigenvalue weighted by Gasteiger charge is -2.19. The molecule has 204 valence electrons.